The molecule has 2 aliphatic rings. The highest BCUT2D eigenvalue weighted by atomic mass is 35.5. The van der Waals surface area contributed by atoms with Crippen LogP contribution in [0.15, 0.2) is 46.7 Å². The second kappa shape index (κ2) is 10.2. The van der Waals surface area contributed by atoms with Crippen molar-refractivity contribution in [3.63, 3.8) is 0 Å². The number of nitrogens with zero attached hydrogens (tertiary/aromatic N) is 2. The van der Waals surface area contributed by atoms with Crippen LogP contribution in [0.3, 0.4) is 0 Å². The fourth-order valence-corrected chi connectivity index (χ4v) is 7.10. The van der Waals surface area contributed by atoms with E-state index in [9.17, 15) is 25.9 Å². The van der Waals surface area contributed by atoms with Crippen LogP contribution in [0.2, 0.25) is 20.1 Å². The molecule has 0 saturated carbocycles. The quantitative estimate of drug-likeness (QED) is 0.201. The van der Waals surface area contributed by atoms with Gasteiger partial charge in [0.1, 0.15) is 0 Å². The maximum Gasteiger partial charge on any atom is 0.374 e. The molecule has 3 aromatic rings. The molecule has 208 valence electrons. The first kappa shape index (κ1) is 28.7. The summed E-state index contributed by atoms with van der Waals surface area (Å²) in [4.78, 5) is 0. The van der Waals surface area contributed by atoms with Crippen LogP contribution in [0.1, 0.15) is 18.7 Å². The summed E-state index contributed by atoms with van der Waals surface area (Å²) in [5.41, 5.74) is 1.28. The van der Waals surface area contributed by atoms with E-state index in [4.69, 9.17) is 55.6 Å². The van der Waals surface area contributed by atoms with Crippen LogP contribution in [0.5, 0.6) is 5.75 Å². The van der Waals surface area contributed by atoms with Gasteiger partial charge in [-0.1, -0.05) is 46.4 Å². The van der Waals surface area contributed by atoms with E-state index in [-0.39, 0.29) is 68.0 Å². The Morgan fingerprint density at radius 2 is 1.67 bits per heavy atom. The Morgan fingerprint density at radius 1 is 1.00 bits per heavy atom. The Hall–Kier alpha value is -1.87. The Kier molecular flexibility index (Phi) is 7.49. The van der Waals surface area contributed by atoms with Gasteiger partial charge in [0.2, 0.25) is 5.58 Å². The first-order valence-electron chi connectivity index (χ1n) is 11.3. The summed E-state index contributed by atoms with van der Waals surface area (Å²) in [5, 5.41) is -0.439. The molecule has 0 amide bonds. The zero-order valence-electron chi connectivity index (χ0n) is 19.6. The van der Waals surface area contributed by atoms with Gasteiger partial charge in [-0.25, -0.2) is 21.3 Å². The predicted molar refractivity (Wildman–Crippen MR) is 145 cm³/mol. The van der Waals surface area contributed by atoms with Gasteiger partial charge in [-0.3, -0.25) is 0 Å². The van der Waals surface area contributed by atoms with Crippen molar-refractivity contribution in [3.8, 4) is 5.75 Å². The number of aryl methyl sites for hydroxylation is 1. The van der Waals surface area contributed by atoms with Crippen molar-refractivity contribution in [2.45, 2.75) is 24.8 Å². The predicted octanol–water partition coefficient (Wildman–Crippen LogP) is 4.80. The van der Waals surface area contributed by atoms with Gasteiger partial charge in [-0.15, -0.1) is 0 Å². The van der Waals surface area contributed by atoms with Crippen molar-refractivity contribution in [1.29, 1.82) is 0 Å². The number of aromatic nitrogens is 1. The van der Waals surface area contributed by atoms with Gasteiger partial charge in [0.25, 0.3) is 5.52 Å². The minimum atomic E-state index is -4.71. The minimum Gasteiger partial charge on any atom is -0.748 e. The molecule has 1 spiro atoms. The van der Waals surface area contributed by atoms with Crippen molar-refractivity contribution >= 4 is 89.5 Å². The number of quaternary nitrogens is 1. The molecule has 0 radical (unpaired) electrons. The van der Waals surface area contributed by atoms with Crippen LogP contribution in [0.25, 0.3) is 17.2 Å². The molecule has 2 atom stereocenters. The van der Waals surface area contributed by atoms with Crippen LogP contribution in [-0.2, 0) is 26.8 Å². The maximum absolute atomic E-state index is 12.1. The van der Waals surface area contributed by atoms with Gasteiger partial charge in [-0.05, 0) is 6.08 Å². The second-order valence-corrected chi connectivity index (χ2v) is 13.7. The topological polar surface area (TPSA) is 141 Å². The van der Waals surface area contributed by atoms with Gasteiger partial charge in [0.05, 0.1) is 49.3 Å². The lowest BCUT2D eigenvalue weighted by Crippen LogP contribution is -2.67. The highest BCUT2D eigenvalue weighted by Gasteiger charge is 2.61. The van der Waals surface area contributed by atoms with E-state index >= 15 is 0 Å². The number of oxazole rings is 1. The van der Waals surface area contributed by atoms with Gasteiger partial charge in [0.15, 0.2) is 33.5 Å². The summed E-state index contributed by atoms with van der Waals surface area (Å²) in [6.45, 7) is 0.389. The van der Waals surface area contributed by atoms with Crippen LogP contribution in [0, 0.1) is 0 Å². The molecule has 0 bridgehead atoms. The van der Waals surface area contributed by atoms with Gasteiger partial charge >= 0.3 is 11.8 Å². The Balaban J connectivity index is 1.55. The minimum absolute atomic E-state index is 0.0102. The molecule has 39 heavy (non-hydrogen) atoms. The molecule has 2 aromatic carbocycles. The van der Waals surface area contributed by atoms with Crippen molar-refractivity contribution in [1.82, 2.24) is 4.48 Å². The number of halogens is 4. The SMILES string of the molecule is O=S(=O)([O-])CCC[n+]1c(C=CC=C2Oc3cc(Cl)c(Cl)cc3[N+]23CCC3S(=O)(=O)[O-])oc2cc(Cl)c(Cl)cc21. The number of hydrogen-bond donors (Lipinski definition) is 0. The molecule has 0 N–H and O–H groups in total. The van der Waals surface area contributed by atoms with E-state index in [1.54, 1.807) is 10.6 Å². The van der Waals surface area contributed by atoms with E-state index in [0.717, 1.165) is 0 Å². The summed E-state index contributed by atoms with van der Waals surface area (Å²) in [6, 6.07) is 6.01. The number of rotatable bonds is 7. The summed E-state index contributed by atoms with van der Waals surface area (Å²) in [5.74, 6) is 0.123. The first-order chi connectivity index (χ1) is 18.2. The highest BCUT2D eigenvalue weighted by Crippen LogP contribution is 2.54. The molecule has 5 rings (SSSR count). The smallest absolute Gasteiger partial charge is 0.374 e. The van der Waals surface area contributed by atoms with E-state index < -0.39 is 31.4 Å². The zero-order chi connectivity index (χ0) is 28.3. The lowest BCUT2D eigenvalue weighted by molar-refractivity contribution is -0.677. The van der Waals surface area contributed by atoms with Crippen LogP contribution in [-0.4, -0.2) is 43.6 Å². The molecule has 0 aliphatic carbocycles. The Labute approximate surface area is 243 Å². The summed E-state index contributed by atoms with van der Waals surface area (Å²) in [7, 11) is -9.14. The lowest BCUT2D eigenvalue weighted by atomic mass is 10.1. The summed E-state index contributed by atoms with van der Waals surface area (Å²) < 4.78 is 82.8. The number of hydrogen-bond acceptors (Lipinski definition) is 8. The third kappa shape index (κ3) is 5.30. The number of fused-ring (bicyclic) bond motifs is 3. The molecular formula is C23H18Cl4N2O8S2. The lowest BCUT2D eigenvalue weighted by Gasteiger charge is -2.47. The Bertz CT molecular complexity index is 1790. The fourth-order valence-electron chi connectivity index (χ4n) is 4.84. The van der Waals surface area contributed by atoms with E-state index in [0.29, 0.717) is 16.8 Å². The third-order valence-electron chi connectivity index (χ3n) is 6.62. The van der Waals surface area contributed by atoms with E-state index in [1.807, 2.05) is 0 Å². The molecular weight excluding hydrogens is 638 g/mol. The molecule has 1 fully saturated rings. The summed E-state index contributed by atoms with van der Waals surface area (Å²) in [6.07, 6.45) is 4.70. The fraction of sp³-hybridized carbons (Fsp3) is 0.261. The maximum atomic E-state index is 12.1. The number of benzene rings is 2. The van der Waals surface area contributed by atoms with Crippen LogP contribution < -0.4 is 13.8 Å². The van der Waals surface area contributed by atoms with Crippen molar-refractivity contribution in [3.05, 3.63) is 68.3 Å². The molecule has 2 unspecified atom stereocenters. The van der Waals surface area contributed by atoms with E-state index in [2.05, 4.69) is 0 Å². The molecule has 1 saturated heterocycles. The third-order valence-corrected chi connectivity index (χ3v) is 10.1. The summed E-state index contributed by atoms with van der Waals surface area (Å²) >= 11 is 24.6. The van der Waals surface area contributed by atoms with Gasteiger partial charge in [-0.2, -0.15) is 4.57 Å². The average molecular weight is 656 g/mol. The molecule has 2 aliphatic heterocycles. The largest absolute Gasteiger partial charge is 0.748 e. The molecule has 10 nitrogen and oxygen atoms in total. The molecule has 16 heteroatoms. The van der Waals surface area contributed by atoms with Gasteiger partial charge in [0, 0.05) is 42.5 Å². The normalized spacial score (nSPS) is 22.1. The molecule has 3 heterocycles. The number of ether oxygens (including phenoxy) is 1. The van der Waals surface area contributed by atoms with Crippen LogP contribution in [0.4, 0.5) is 5.69 Å². The van der Waals surface area contributed by atoms with Crippen LogP contribution >= 0.6 is 46.4 Å². The average Bonchev–Trinajstić information content (AvgIpc) is 3.27. The monoisotopic (exact) mass is 654 g/mol. The van der Waals surface area contributed by atoms with Crippen molar-refractivity contribution in [2.24, 2.45) is 0 Å². The van der Waals surface area contributed by atoms with Crippen molar-refractivity contribution in [2.75, 3.05) is 12.3 Å². The standard InChI is InChI=1S/C23H18Cl4N2O8S2/c24-13-9-17-19(11-15(13)26)36-21(28(17)6-2-8-38(30,31)32)3-1-4-22-29(7-5-23(29)39(33,34)35)18-10-14(25)16(27)12-20(18)37-22/h1,3-4,9-12,23H,2,5-8H2. The zero-order valence-corrected chi connectivity index (χ0v) is 24.3. The molecule has 1 aromatic heterocycles. The highest BCUT2D eigenvalue weighted by molar-refractivity contribution is 7.86. The van der Waals surface area contributed by atoms with Gasteiger partial charge < -0.3 is 18.3 Å². The first-order valence-corrected chi connectivity index (χ1v) is 15.9. The second-order valence-electron chi connectivity index (χ2n) is 8.97. The number of allylic oxidation sites excluding steroid dienone is 2. The Morgan fingerprint density at radius 3 is 2.31 bits per heavy atom. The van der Waals surface area contributed by atoms with Crippen molar-refractivity contribution < 1.29 is 39.7 Å². The van der Waals surface area contributed by atoms with E-state index in [1.165, 1.54) is 36.4 Å².